The molecule has 1 heterocycles. The van der Waals surface area contributed by atoms with Gasteiger partial charge in [0, 0.05) is 16.3 Å². The monoisotopic (exact) mass is 212 g/mol. The van der Waals surface area contributed by atoms with Crippen molar-refractivity contribution in [2.24, 2.45) is 10.8 Å². The van der Waals surface area contributed by atoms with Crippen LogP contribution in [0.2, 0.25) is 0 Å². The molecule has 0 aromatic carbocycles. The van der Waals surface area contributed by atoms with Crippen LogP contribution in [-0.4, -0.2) is 12.5 Å². The van der Waals surface area contributed by atoms with Gasteiger partial charge in [0.25, 0.3) is 0 Å². The van der Waals surface area contributed by atoms with E-state index in [2.05, 4.69) is 34.8 Å². The highest BCUT2D eigenvalue weighted by atomic mass is 32.1. The van der Waals surface area contributed by atoms with Crippen LogP contribution in [-0.2, 0) is 6.54 Å². The topological polar surface area (TPSA) is 62.4 Å². The van der Waals surface area contributed by atoms with Crippen molar-refractivity contribution >= 4 is 17.3 Å². The van der Waals surface area contributed by atoms with Crippen LogP contribution in [0.5, 0.6) is 0 Å². The van der Waals surface area contributed by atoms with Crippen LogP contribution in [0, 0.1) is 6.92 Å². The zero-order chi connectivity index (χ0) is 10.4. The lowest BCUT2D eigenvalue weighted by atomic mass is 10.4. The Hall–Kier alpha value is -1.07. The Balaban J connectivity index is 2.51. The average molecular weight is 212 g/mol. The number of hydrogen-bond acceptors (Lipinski definition) is 3. The van der Waals surface area contributed by atoms with Gasteiger partial charge in [-0.2, -0.15) is 0 Å². The zero-order valence-corrected chi connectivity index (χ0v) is 9.32. The summed E-state index contributed by atoms with van der Waals surface area (Å²) in [6.07, 6.45) is 0. The van der Waals surface area contributed by atoms with Crippen molar-refractivity contribution in [1.29, 1.82) is 0 Å². The maximum atomic E-state index is 5.29. The quantitative estimate of drug-likeness (QED) is 0.303. The number of rotatable bonds is 3. The van der Waals surface area contributed by atoms with Crippen molar-refractivity contribution in [3.8, 4) is 0 Å². The number of guanidine groups is 1. The Bertz CT molecular complexity index is 306. The summed E-state index contributed by atoms with van der Waals surface area (Å²) in [7, 11) is 0. The molecule has 1 aromatic rings. The standard InChI is InChI=1S/C9H16N4S/c1-3-11-9(13-10)12-6-8-5-4-7(2)14-8/h4-5H,3,6,10H2,1-2H3,(H2,11,12,13). The van der Waals surface area contributed by atoms with Crippen LogP contribution in [0.15, 0.2) is 17.1 Å². The van der Waals surface area contributed by atoms with E-state index in [1.54, 1.807) is 11.3 Å². The third-order valence-electron chi connectivity index (χ3n) is 1.67. The van der Waals surface area contributed by atoms with E-state index in [-0.39, 0.29) is 0 Å². The van der Waals surface area contributed by atoms with E-state index in [9.17, 15) is 0 Å². The van der Waals surface area contributed by atoms with Gasteiger partial charge >= 0.3 is 0 Å². The SMILES string of the molecule is CCNC(=NCc1ccc(C)s1)NN. The van der Waals surface area contributed by atoms with Crippen molar-refractivity contribution < 1.29 is 0 Å². The molecule has 0 atom stereocenters. The summed E-state index contributed by atoms with van der Waals surface area (Å²) in [5, 5.41) is 3.03. The van der Waals surface area contributed by atoms with Gasteiger partial charge in [-0.1, -0.05) is 0 Å². The highest BCUT2D eigenvalue weighted by molar-refractivity contribution is 7.11. The molecule has 0 unspecified atom stereocenters. The minimum atomic E-state index is 0.638. The van der Waals surface area contributed by atoms with Crippen LogP contribution in [0.4, 0.5) is 0 Å². The van der Waals surface area contributed by atoms with E-state index >= 15 is 0 Å². The van der Waals surface area contributed by atoms with Gasteiger partial charge in [0.1, 0.15) is 0 Å². The Labute approximate surface area is 88.2 Å². The molecule has 0 spiro atoms. The fourth-order valence-corrected chi connectivity index (χ4v) is 1.86. The maximum Gasteiger partial charge on any atom is 0.206 e. The van der Waals surface area contributed by atoms with Gasteiger partial charge in [0.15, 0.2) is 0 Å². The first-order chi connectivity index (χ1) is 6.76. The fraction of sp³-hybridized carbons (Fsp3) is 0.444. The third kappa shape index (κ3) is 3.35. The molecule has 0 aliphatic rings. The molecule has 5 heteroatoms. The molecule has 0 saturated heterocycles. The van der Waals surface area contributed by atoms with Gasteiger partial charge in [0.05, 0.1) is 6.54 Å². The van der Waals surface area contributed by atoms with E-state index in [1.807, 2.05) is 6.92 Å². The molecule has 14 heavy (non-hydrogen) atoms. The third-order valence-corrected chi connectivity index (χ3v) is 2.66. The minimum Gasteiger partial charge on any atom is -0.356 e. The summed E-state index contributed by atoms with van der Waals surface area (Å²) in [4.78, 5) is 6.85. The van der Waals surface area contributed by atoms with Crippen molar-refractivity contribution in [3.05, 3.63) is 21.9 Å². The van der Waals surface area contributed by atoms with Crippen molar-refractivity contribution in [1.82, 2.24) is 10.7 Å². The lowest BCUT2D eigenvalue weighted by Gasteiger charge is -2.05. The number of hydrazine groups is 1. The van der Waals surface area contributed by atoms with Gasteiger partial charge in [-0.15, -0.1) is 11.3 Å². The molecule has 4 N–H and O–H groups in total. The average Bonchev–Trinajstić information content (AvgIpc) is 2.59. The van der Waals surface area contributed by atoms with E-state index < -0.39 is 0 Å². The van der Waals surface area contributed by atoms with E-state index in [4.69, 9.17) is 5.84 Å². The van der Waals surface area contributed by atoms with E-state index in [0.717, 1.165) is 6.54 Å². The summed E-state index contributed by atoms with van der Waals surface area (Å²) < 4.78 is 0. The zero-order valence-electron chi connectivity index (χ0n) is 8.50. The molecule has 1 rings (SSSR count). The summed E-state index contributed by atoms with van der Waals surface area (Å²) >= 11 is 1.75. The number of hydrogen-bond donors (Lipinski definition) is 3. The van der Waals surface area contributed by atoms with Gasteiger partial charge in [0.2, 0.25) is 5.96 Å². The van der Waals surface area contributed by atoms with Crippen LogP contribution >= 0.6 is 11.3 Å². The number of aryl methyl sites for hydroxylation is 1. The highest BCUT2D eigenvalue weighted by Gasteiger charge is 1.96. The molecule has 0 bridgehead atoms. The second kappa shape index (κ2) is 5.62. The van der Waals surface area contributed by atoms with Crippen molar-refractivity contribution in [2.75, 3.05) is 6.54 Å². The van der Waals surface area contributed by atoms with E-state index in [0.29, 0.717) is 12.5 Å². The summed E-state index contributed by atoms with van der Waals surface area (Å²) in [6.45, 7) is 5.57. The summed E-state index contributed by atoms with van der Waals surface area (Å²) in [5.41, 5.74) is 2.52. The molecule has 0 saturated carbocycles. The van der Waals surface area contributed by atoms with Crippen LogP contribution in [0.3, 0.4) is 0 Å². The maximum absolute atomic E-state index is 5.29. The molecule has 0 fully saturated rings. The predicted molar refractivity (Wildman–Crippen MR) is 61.2 cm³/mol. The largest absolute Gasteiger partial charge is 0.356 e. The lowest BCUT2D eigenvalue weighted by Crippen LogP contribution is -2.41. The molecule has 0 aliphatic carbocycles. The highest BCUT2D eigenvalue weighted by Crippen LogP contribution is 2.15. The second-order valence-corrected chi connectivity index (χ2v) is 4.22. The second-order valence-electron chi connectivity index (χ2n) is 2.85. The van der Waals surface area contributed by atoms with Gasteiger partial charge in [-0.3, -0.25) is 5.43 Å². The van der Waals surface area contributed by atoms with Gasteiger partial charge < -0.3 is 5.32 Å². The Morgan fingerprint density at radius 1 is 1.57 bits per heavy atom. The van der Waals surface area contributed by atoms with Crippen LogP contribution < -0.4 is 16.6 Å². The Morgan fingerprint density at radius 3 is 2.86 bits per heavy atom. The molecule has 0 amide bonds. The minimum absolute atomic E-state index is 0.638. The number of nitrogens with zero attached hydrogens (tertiary/aromatic N) is 1. The number of thiophene rings is 1. The Morgan fingerprint density at radius 2 is 2.36 bits per heavy atom. The molecule has 1 aromatic heterocycles. The molecule has 4 nitrogen and oxygen atoms in total. The molecular formula is C9H16N4S. The summed E-state index contributed by atoms with van der Waals surface area (Å²) in [6, 6.07) is 4.18. The molecule has 0 aliphatic heterocycles. The van der Waals surface area contributed by atoms with Gasteiger partial charge in [-0.25, -0.2) is 10.8 Å². The van der Waals surface area contributed by atoms with Gasteiger partial charge in [-0.05, 0) is 26.0 Å². The number of nitrogens with two attached hydrogens (primary N) is 1. The Kier molecular flexibility index (Phi) is 4.42. The molecule has 78 valence electrons. The molecular weight excluding hydrogens is 196 g/mol. The summed E-state index contributed by atoms with van der Waals surface area (Å²) in [5.74, 6) is 5.93. The lowest BCUT2D eigenvalue weighted by molar-refractivity contribution is 0.854. The molecule has 0 radical (unpaired) electrons. The van der Waals surface area contributed by atoms with Crippen molar-refractivity contribution in [3.63, 3.8) is 0 Å². The predicted octanol–water partition coefficient (Wildman–Crippen LogP) is 0.985. The normalized spacial score (nSPS) is 11.5. The van der Waals surface area contributed by atoms with Crippen molar-refractivity contribution in [2.45, 2.75) is 20.4 Å². The van der Waals surface area contributed by atoms with Crippen LogP contribution in [0.25, 0.3) is 0 Å². The number of aliphatic imine (C=N–C) groups is 1. The first-order valence-electron chi connectivity index (χ1n) is 4.56. The van der Waals surface area contributed by atoms with E-state index in [1.165, 1.54) is 9.75 Å². The number of nitrogens with one attached hydrogen (secondary N) is 2. The fourth-order valence-electron chi connectivity index (χ4n) is 1.05. The first-order valence-corrected chi connectivity index (χ1v) is 5.38. The smallest absolute Gasteiger partial charge is 0.206 e. The first kappa shape index (κ1) is 11.0. The van der Waals surface area contributed by atoms with Crippen LogP contribution in [0.1, 0.15) is 16.7 Å².